The molecule has 0 amide bonds. The van der Waals surface area contributed by atoms with E-state index in [2.05, 4.69) is 12.2 Å². The first-order valence-corrected chi connectivity index (χ1v) is 7.04. The van der Waals surface area contributed by atoms with Crippen molar-refractivity contribution in [2.75, 3.05) is 13.2 Å². The highest BCUT2D eigenvalue weighted by Crippen LogP contribution is 2.34. The van der Waals surface area contributed by atoms with Gasteiger partial charge in [-0.25, -0.2) is 4.39 Å². The molecule has 1 fully saturated rings. The number of fused-ring (bicyclic) bond motifs is 1. The van der Waals surface area contributed by atoms with Crippen molar-refractivity contribution in [1.82, 2.24) is 5.32 Å². The van der Waals surface area contributed by atoms with Crippen LogP contribution in [0.2, 0.25) is 0 Å². The number of hydrogen-bond acceptors (Lipinski definition) is 3. The van der Waals surface area contributed by atoms with E-state index in [0.29, 0.717) is 18.4 Å². The van der Waals surface area contributed by atoms with Gasteiger partial charge < -0.3 is 14.8 Å². The molecule has 2 aliphatic rings. The zero-order valence-corrected chi connectivity index (χ0v) is 11.2. The summed E-state index contributed by atoms with van der Waals surface area (Å²) in [6.45, 7) is 3.48. The lowest BCUT2D eigenvalue weighted by atomic mass is 9.99. The Labute approximate surface area is 113 Å². The monoisotopic (exact) mass is 265 g/mol. The summed E-state index contributed by atoms with van der Waals surface area (Å²) in [4.78, 5) is 0. The van der Waals surface area contributed by atoms with Gasteiger partial charge in [0.05, 0.1) is 12.7 Å². The molecule has 0 bridgehead atoms. The van der Waals surface area contributed by atoms with Crippen molar-refractivity contribution in [2.45, 2.75) is 44.4 Å². The highest BCUT2D eigenvalue weighted by molar-refractivity contribution is 5.38. The van der Waals surface area contributed by atoms with E-state index >= 15 is 0 Å². The van der Waals surface area contributed by atoms with Crippen LogP contribution in [-0.2, 0) is 4.74 Å². The van der Waals surface area contributed by atoms with Gasteiger partial charge in [-0.3, -0.25) is 0 Å². The molecule has 104 valence electrons. The molecule has 0 spiro atoms. The standard InChI is InChI=1S/C15H20FNO2/c1-10-13(7-9-18-10)17-14-6-3-8-19-15-11(14)4-2-5-12(15)16/h2,4-5,10,13-14,17H,3,6-9H2,1H3/t10-,13-,14+/m0/s1. The number of ether oxygens (including phenoxy) is 2. The van der Waals surface area contributed by atoms with E-state index in [1.165, 1.54) is 6.07 Å². The van der Waals surface area contributed by atoms with Crippen molar-refractivity contribution in [1.29, 1.82) is 0 Å². The Morgan fingerprint density at radius 3 is 2.95 bits per heavy atom. The third-order valence-corrected chi connectivity index (χ3v) is 4.05. The smallest absolute Gasteiger partial charge is 0.165 e. The van der Waals surface area contributed by atoms with Crippen LogP contribution in [0, 0.1) is 5.82 Å². The molecule has 0 aliphatic carbocycles. The average molecular weight is 265 g/mol. The number of rotatable bonds is 2. The minimum Gasteiger partial charge on any atom is -0.490 e. The molecular formula is C15H20FNO2. The lowest BCUT2D eigenvalue weighted by molar-refractivity contribution is 0.110. The van der Waals surface area contributed by atoms with E-state index in [9.17, 15) is 4.39 Å². The summed E-state index contributed by atoms with van der Waals surface area (Å²) in [6, 6.07) is 5.68. The fourth-order valence-electron chi connectivity index (χ4n) is 2.95. The number of benzene rings is 1. The third-order valence-electron chi connectivity index (χ3n) is 4.05. The minimum atomic E-state index is -0.262. The topological polar surface area (TPSA) is 30.5 Å². The summed E-state index contributed by atoms with van der Waals surface area (Å²) >= 11 is 0. The normalized spacial score (nSPS) is 30.5. The molecule has 0 radical (unpaired) electrons. The second-order valence-electron chi connectivity index (χ2n) is 5.34. The summed E-state index contributed by atoms with van der Waals surface area (Å²) < 4.78 is 25.0. The molecule has 19 heavy (non-hydrogen) atoms. The number of para-hydroxylation sites is 1. The molecule has 1 aromatic rings. The molecule has 2 aliphatic heterocycles. The van der Waals surface area contributed by atoms with Crippen LogP contribution in [0.4, 0.5) is 4.39 Å². The van der Waals surface area contributed by atoms with Crippen molar-refractivity contribution >= 4 is 0 Å². The second kappa shape index (κ2) is 5.47. The Hall–Kier alpha value is -1.13. The maximum Gasteiger partial charge on any atom is 0.165 e. The molecule has 0 saturated carbocycles. The van der Waals surface area contributed by atoms with Gasteiger partial charge in [-0.2, -0.15) is 0 Å². The van der Waals surface area contributed by atoms with Crippen molar-refractivity contribution < 1.29 is 13.9 Å². The molecular weight excluding hydrogens is 245 g/mol. The fourth-order valence-corrected chi connectivity index (χ4v) is 2.95. The van der Waals surface area contributed by atoms with Gasteiger partial charge in [-0.15, -0.1) is 0 Å². The van der Waals surface area contributed by atoms with Gasteiger partial charge >= 0.3 is 0 Å². The van der Waals surface area contributed by atoms with E-state index in [1.54, 1.807) is 6.07 Å². The van der Waals surface area contributed by atoms with Crippen LogP contribution in [0.3, 0.4) is 0 Å². The molecule has 3 atom stereocenters. The highest BCUT2D eigenvalue weighted by Gasteiger charge is 2.29. The summed E-state index contributed by atoms with van der Waals surface area (Å²) in [5, 5.41) is 3.62. The predicted molar refractivity (Wildman–Crippen MR) is 70.8 cm³/mol. The quantitative estimate of drug-likeness (QED) is 0.892. The van der Waals surface area contributed by atoms with E-state index in [4.69, 9.17) is 9.47 Å². The maximum atomic E-state index is 13.8. The van der Waals surface area contributed by atoms with Crippen LogP contribution in [0.1, 0.15) is 37.8 Å². The Morgan fingerprint density at radius 2 is 2.16 bits per heavy atom. The first-order chi connectivity index (χ1) is 9.25. The molecule has 4 heteroatoms. The van der Waals surface area contributed by atoms with Gasteiger partial charge in [-0.05, 0) is 32.3 Å². The molecule has 1 saturated heterocycles. The van der Waals surface area contributed by atoms with Gasteiger partial charge in [-0.1, -0.05) is 12.1 Å². The molecule has 2 heterocycles. The summed E-state index contributed by atoms with van der Waals surface area (Å²) in [7, 11) is 0. The van der Waals surface area contributed by atoms with Crippen LogP contribution >= 0.6 is 0 Å². The van der Waals surface area contributed by atoms with E-state index < -0.39 is 0 Å². The zero-order valence-electron chi connectivity index (χ0n) is 11.2. The lowest BCUT2D eigenvalue weighted by Crippen LogP contribution is -2.37. The lowest BCUT2D eigenvalue weighted by Gasteiger charge is -2.24. The summed E-state index contributed by atoms with van der Waals surface area (Å²) in [6.07, 6.45) is 3.15. The van der Waals surface area contributed by atoms with Crippen LogP contribution in [0.25, 0.3) is 0 Å². The first-order valence-electron chi connectivity index (χ1n) is 7.04. The molecule has 3 nitrogen and oxygen atoms in total. The van der Waals surface area contributed by atoms with Crippen molar-refractivity contribution in [3.05, 3.63) is 29.6 Å². The third kappa shape index (κ3) is 2.60. The zero-order chi connectivity index (χ0) is 13.2. The van der Waals surface area contributed by atoms with Gasteiger partial charge in [0.1, 0.15) is 0 Å². The van der Waals surface area contributed by atoms with Crippen LogP contribution in [0.5, 0.6) is 5.75 Å². The van der Waals surface area contributed by atoms with E-state index in [-0.39, 0.29) is 18.0 Å². The average Bonchev–Trinajstić information content (AvgIpc) is 2.69. The minimum absolute atomic E-state index is 0.155. The number of halogens is 1. The largest absolute Gasteiger partial charge is 0.490 e. The van der Waals surface area contributed by atoms with Crippen LogP contribution in [0.15, 0.2) is 18.2 Å². The number of nitrogens with one attached hydrogen (secondary N) is 1. The fraction of sp³-hybridized carbons (Fsp3) is 0.600. The van der Waals surface area contributed by atoms with E-state index in [0.717, 1.165) is 31.4 Å². The molecule has 3 rings (SSSR count). The Bertz CT molecular complexity index is 452. The number of hydrogen-bond donors (Lipinski definition) is 1. The van der Waals surface area contributed by atoms with Gasteiger partial charge in [0.25, 0.3) is 0 Å². The van der Waals surface area contributed by atoms with Crippen LogP contribution in [-0.4, -0.2) is 25.4 Å². The van der Waals surface area contributed by atoms with Gasteiger partial charge in [0.15, 0.2) is 11.6 Å². The van der Waals surface area contributed by atoms with Crippen LogP contribution < -0.4 is 10.1 Å². The molecule has 1 N–H and O–H groups in total. The van der Waals surface area contributed by atoms with E-state index in [1.807, 2.05) is 6.07 Å². The van der Waals surface area contributed by atoms with Gasteiger partial charge in [0, 0.05) is 24.3 Å². The SMILES string of the molecule is C[C@@H]1OCC[C@@H]1N[C@@H]1CCCOc2c(F)cccc21. The summed E-state index contributed by atoms with van der Waals surface area (Å²) in [5.41, 5.74) is 0.941. The molecule has 0 aromatic heterocycles. The molecule has 0 unspecified atom stereocenters. The maximum absolute atomic E-state index is 13.8. The second-order valence-corrected chi connectivity index (χ2v) is 5.34. The van der Waals surface area contributed by atoms with Gasteiger partial charge in [0.2, 0.25) is 0 Å². The summed E-state index contributed by atoms with van der Waals surface area (Å²) in [5.74, 6) is 0.158. The molecule has 1 aromatic carbocycles. The van der Waals surface area contributed by atoms with Crippen molar-refractivity contribution in [3.63, 3.8) is 0 Å². The first kappa shape index (κ1) is 12.9. The predicted octanol–water partition coefficient (Wildman–Crippen LogP) is 2.81. The Morgan fingerprint density at radius 1 is 1.26 bits per heavy atom. The van der Waals surface area contributed by atoms with Crippen molar-refractivity contribution in [2.24, 2.45) is 0 Å². The Balaban J connectivity index is 1.84. The van der Waals surface area contributed by atoms with Crippen molar-refractivity contribution in [3.8, 4) is 5.75 Å². The highest BCUT2D eigenvalue weighted by atomic mass is 19.1. The Kier molecular flexibility index (Phi) is 3.71.